The predicted octanol–water partition coefficient (Wildman–Crippen LogP) is 6.80. The first-order chi connectivity index (χ1) is 14.7. The van der Waals surface area contributed by atoms with Gasteiger partial charge in [0.1, 0.15) is 0 Å². The third-order valence-corrected chi connectivity index (χ3v) is 7.44. The SMILES string of the molecule is CCc1c2c(c(CC)c3c1Cc1cccc(CN(CC)CC)c1-3)-c1ccccc1C2. The van der Waals surface area contributed by atoms with E-state index < -0.39 is 0 Å². The van der Waals surface area contributed by atoms with E-state index in [2.05, 4.69) is 75.1 Å². The number of benzene rings is 3. The van der Waals surface area contributed by atoms with Gasteiger partial charge >= 0.3 is 0 Å². The smallest absolute Gasteiger partial charge is 0.0239 e. The van der Waals surface area contributed by atoms with Gasteiger partial charge in [0.25, 0.3) is 0 Å². The Kier molecular flexibility index (Phi) is 5.03. The highest BCUT2D eigenvalue weighted by Gasteiger charge is 2.33. The first-order valence-electron chi connectivity index (χ1n) is 11.8. The molecule has 3 aromatic carbocycles. The Labute approximate surface area is 181 Å². The first kappa shape index (κ1) is 19.6. The molecule has 0 spiro atoms. The van der Waals surface area contributed by atoms with E-state index >= 15 is 0 Å². The van der Waals surface area contributed by atoms with Crippen molar-refractivity contribution in [2.45, 2.75) is 59.9 Å². The van der Waals surface area contributed by atoms with Gasteiger partial charge in [-0.1, -0.05) is 70.2 Å². The van der Waals surface area contributed by atoms with Crippen LogP contribution in [0.15, 0.2) is 42.5 Å². The molecule has 0 saturated carbocycles. The van der Waals surface area contributed by atoms with E-state index in [9.17, 15) is 0 Å². The molecule has 0 aliphatic heterocycles. The maximum Gasteiger partial charge on any atom is 0.0239 e. The van der Waals surface area contributed by atoms with Gasteiger partial charge in [-0.3, -0.25) is 4.90 Å². The fourth-order valence-electron chi connectivity index (χ4n) is 6.01. The van der Waals surface area contributed by atoms with Crippen LogP contribution in [0.2, 0.25) is 0 Å². The molecule has 30 heavy (non-hydrogen) atoms. The molecule has 0 unspecified atom stereocenters. The highest BCUT2D eigenvalue weighted by molar-refractivity contribution is 5.93. The lowest BCUT2D eigenvalue weighted by Gasteiger charge is -2.23. The minimum absolute atomic E-state index is 1.05. The molecule has 0 saturated heterocycles. The Morgan fingerprint density at radius 1 is 0.667 bits per heavy atom. The van der Waals surface area contributed by atoms with E-state index in [-0.39, 0.29) is 0 Å². The van der Waals surface area contributed by atoms with Gasteiger partial charge in [0.2, 0.25) is 0 Å². The molecule has 0 aromatic heterocycles. The van der Waals surface area contributed by atoms with Crippen LogP contribution in [0.5, 0.6) is 0 Å². The van der Waals surface area contributed by atoms with Gasteiger partial charge in [-0.2, -0.15) is 0 Å². The van der Waals surface area contributed by atoms with Crippen LogP contribution in [0.3, 0.4) is 0 Å². The quantitative estimate of drug-likeness (QED) is 0.306. The lowest BCUT2D eigenvalue weighted by molar-refractivity contribution is 0.296. The number of rotatable bonds is 6. The summed E-state index contributed by atoms with van der Waals surface area (Å²) in [6.07, 6.45) is 4.44. The summed E-state index contributed by atoms with van der Waals surface area (Å²) in [5.74, 6) is 0. The van der Waals surface area contributed by atoms with Crippen LogP contribution in [0, 0.1) is 0 Å². The van der Waals surface area contributed by atoms with Crippen molar-refractivity contribution in [2.24, 2.45) is 0 Å². The average Bonchev–Trinajstić information content (AvgIpc) is 3.35. The molecule has 0 radical (unpaired) electrons. The number of hydrogen-bond donors (Lipinski definition) is 0. The van der Waals surface area contributed by atoms with Gasteiger partial charge in [-0.05, 0) is 100.0 Å². The molecule has 2 aliphatic carbocycles. The van der Waals surface area contributed by atoms with Gasteiger partial charge in [-0.25, -0.2) is 0 Å². The van der Waals surface area contributed by atoms with E-state index in [0.29, 0.717) is 0 Å². The predicted molar refractivity (Wildman–Crippen MR) is 128 cm³/mol. The molecule has 0 atom stereocenters. The fourth-order valence-corrected chi connectivity index (χ4v) is 6.01. The summed E-state index contributed by atoms with van der Waals surface area (Å²) >= 11 is 0. The third kappa shape index (κ3) is 2.79. The van der Waals surface area contributed by atoms with E-state index in [1.54, 1.807) is 38.9 Å². The normalized spacial score (nSPS) is 13.4. The largest absolute Gasteiger partial charge is 0.300 e. The maximum absolute atomic E-state index is 2.54. The first-order valence-corrected chi connectivity index (χ1v) is 11.8. The molecule has 0 fully saturated rings. The molecule has 1 nitrogen and oxygen atoms in total. The molecule has 0 bridgehead atoms. The Morgan fingerprint density at radius 2 is 1.33 bits per heavy atom. The van der Waals surface area contributed by atoms with Crippen molar-refractivity contribution in [1.29, 1.82) is 0 Å². The van der Waals surface area contributed by atoms with Gasteiger partial charge in [0, 0.05) is 6.54 Å². The number of hydrogen-bond acceptors (Lipinski definition) is 1. The van der Waals surface area contributed by atoms with Crippen LogP contribution >= 0.6 is 0 Å². The second-order valence-corrected chi connectivity index (χ2v) is 8.79. The Bertz CT molecular complexity index is 1120. The standard InChI is InChI=1S/C29H33N/c1-5-22-25-16-19-12-9-10-15-24(19)28(25)23(6-2)29-26(22)17-20-13-11-14-21(27(20)29)18-30(7-3)8-4/h9-15H,5-8,16-18H2,1-4H3. The van der Waals surface area contributed by atoms with Gasteiger partial charge in [-0.15, -0.1) is 0 Å². The fraction of sp³-hybridized carbons (Fsp3) is 0.379. The van der Waals surface area contributed by atoms with Gasteiger partial charge in [0.15, 0.2) is 0 Å². The number of nitrogens with zero attached hydrogens (tertiary/aromatic N) is 1. The lowest BCUT2D eigenvalue weighted by Crippen LogP contribution is -2.22. The van der Waals surface area contributed by atoms with Crippen molar-refractivity contribution in [3.05, 3.63) is 81.4 Å². The molecular weight excluding hydrogens is 362 g/mol. The molecule has 5 rings (SSSR count). The third-order valence-electron chi connectivity index (χ3n) is 7.44. The average molecular weight is 396 g/mol. The van der Waals surface area contributed by atoms with Crippen LogP contribution in [-0.4, -0.2) is 18.0 Å². The molecule has 0 N–H and O–H groups in total. The summed E-state index contributed by atoms with van der Waals surface area (Å²) in [5, 5.41) is 0. The molecule has 3 aromatic rings. The second kappa shape index (κ2) is 7.71. The topological polar surface area (TPSA) is 3.24 Å². The lowest BCUT2D eigenvalue weighted by atomic mass is 9.83. The summed E-state index contributed by atoms with van der Waals surface area (Å²) < 4.78 is 0. The zero-order chi connectivity index (χ0) is 20.8. The highest BCUT2D eigenvalue weighted by atomic mass is 15.1. The summed E-state index contributed by atoms with van der Waals surface area (Å²) in [5.41, 5.74) is 17.2. The summed E-state index contributed by atoms with van der Waals surface area (Å²) in [6, 6.07) is 16.1. The van der Waals surface area contributed by atoms with E-state index in [4.69, 9.17) is 0 Å². The second-order valence-electron chi connectivity index (χ2n) is 8.79. The zero-order valence-corrected chi connectivity index (χ0v) is 18.9. The molecular formula is C29H33N. The van der Waals surface area contributed by atoms with Crippen molar-refractivity contribution in [2.75, 3.05) is 13.1 Å². The van der Waals surface area contributed by atoms with Crippen molar-refractivity contribution in [3.8, 4) is 22.3 Å². The Balaban J connectivity index is 1.79. The monoisotopic (exact) mass is 395 g/mol. The van der Waals surface area contributed by atoms with Crippen molar-refractivity contribution >= 4 is 0 Å². The summed E-state index contributed by atoms with van der Waals surface area (Å²) in [7, 11) is 0. The van der Waals surface area contributed by atoms with E-state index in [1.165, 1.54) is 22.3 Å². The van der Waals surface area contributed by atoms with E-state index in [1.807, 2.05) is 0 Å². The van der Waals surface area contributed by atoms with Crippen LogP contribution in [0.25, 0.3) is 22.3 Å². The minimum Gasteiger partial charge on any atom is -0.300 e. The number of fused-ring (bicyclic) bond motifs is 6. The van der Waals surface area contributed by atoms with Crippen LogP contribution in [0.4, 0.5) is 0 Å². The molecule has 154 valence electrons. The van der Waals surface area contributed by atoms with Gasteiger partial charge < -0.3 is 0 Å². The zero-order valence-electron chi connectivity index (χ0n) is 18.9. The molecule has 0 heterocycles. The van der Waals surface area contributed by atoms with Crippen molar-refractivity contribution in [3.63, 3.8) is 0 Å². The summed E-state index contributed by atoms with van der Waals surface area (Å²) in [6.45, 7) is 12.5. The van der Waals surface area contributed by atoms with E-state index in [0.717, 1.165) is 45.3 Å². The van der Waals surface area contributed by atoms with Crippen LogP contribution < -0.4 is 0 Å². The molecule has 2 aliphatic rings. The van der Waals surface area contributed by atoms with Crippen molar-refractivity contribution in [1.82, 2.24) is 4.90 Å². The Hall–Kier alpha value is -2.38. The highest BCUT2D eigenvalue weighted by Crippen LogP contribution is 2.51. The van der Waals surface area contributed by atoms with Crippen LogP contribution in [-0.2, 0) is 32.2 Å². The van der Waals surface area contributed by atoms with Crippen molar-refractivity contribution < 1.29 is 0 Å². The Morgan fingerprint density at radius 3 is 2.07 bits per heavy atom. The van der Waals surface area contributed by atoms with Gasteiger partial charge in [0.05, 0.1) is 0 Å². The molecule has 1 heteroatoms. The molecule has 0 amide bonds. The van der Waals surface area contributed by atoms with Crippen LogP contribution in [0.1, 0.15) is 66.6 Å². The summed E-state index contributed by atoms with van der Waals surface area (Å²) in [4.78, 5) is 2.54. The maximum atomic E-state index is 2.54. The minimum atomic E-state index is 1.05.